The molecule has 0 saturated carbocycles. The minimum absolute atomic E-state index is 0.103. The molecule has 106 valence electrons. The molecule has 1 unspecified atom stereocenters. The normalized spacial score (nSPS) is 18.8. The van der Waals surface area contributed by atoms with Gasteiger partial charge in [-0.05, 0) is 31.9 Å². The third kappa shape index (κ3) is 3.60. The van der Waals surface area contributed by atoms with E-state index in [1.54, 1.807) is 6.26 Å². The van der Waals surface area contributed by atoms with Crippen molar-refractivity contribution in [3.8, 4) is 0 Å². The van der Waals surface area contributed by atoms with Gasteiger partial charge < -0.3 is 14.6 Å². The smallest absolute Gasteiger partial charge is 0.225 e. The van der Waals surface area contributed by atoms with Gasteiger partial charge in [0.25, 0.3) is 0 Å². The molecule has 1 amide bonds. The maximum atomic E-state index is 11.9. The van der Waals surface area contributed by atoms with Gasteiger partial charge in [-0.25, -0.2) is 0 Å². The highest BCUT2D eigenvalue weighted by molar-refractivity contribution is 5.78. The molecule has 2 rings (SSSR count). The van der Waals surface area contributed by atoms with Crippen molar-refractivity contribution in [1.82, 2.24) is 10.2 Å². The number of amides is 1. The SMILES string of the molecule is CC(C)C(=O)N1CCC(NC(C)c2ccco2)CC1. The van der Waals surface area contributed by atoms with Gasteiger partial charge >= 0.3 is 0 Å². The third-order valence-electron chi connectivity index (χ3n) is 3.76. The summed E-state index contributed by atoms with van der Waals surface area (Å²) in [5.41, 5.74) is 0. The summed E-state index contributed by atoms with van der Waals surface area (Å²) in [6, 6.07) is 4.61. The quantitative estimate of drug-likeness (QED) is 0.909. The van der Waals surface area contributed by atoms with Gasteiger partial charge in [0.1, 0.15) is 5.76 Å². The first kappa shape index (κ1) is 14.1. The maximum absolute atomic E-state index is 11.9. The lowest BCUT2D eigenvalue weighted by Crippen LogP contribution is -2.46. The van der Waals surface area contributed by atoms with Crippen LogP contribution in [-0.4, -0.2) is 29.9 Å². The number of carbonyl (C=O) groups excluding carboxylic acids is 1. The molecule has 0 radical (unpaired) electrons. The van der Waals surface area contributed by atoms with Gasteiger partial charge in [-0.15, -0.1) is 0 Å². The second-order valence-corrected chi connectivity index (χ2v) is 5.66. The molecule has 2 heterocycles. The van der Waals surface area contributed by atoms with E-state index in [9.17, 15) is 4.79 Å². The predicted octanol–water partition coefficient (Wildman–Crippen LogP) is 2.58. The Kier molecular flexibility index (Phi) is 4.64. The van der Waals surface area contributed by atoms with E-state index in [0.29, 0.717) is 6.04 Å². The van der Waals surface area contributed by atoms with Gasteiger partial charge in [0.05, 0.1) is 12.3 Å². The van der Waals surface area contributed by atoms with E-state index in [1.165, 1.54) is 0 Å². The number of hydrogen-bond acceptors (Lipinski definition) is 3. The zero-order valence-electron chi connectivity index (χ0n) is 12.1. The number of nitrogens with zero attached hydrogens (tertiary/aromatic N) is 1. The Labute approximate surface area is 115 Å². The molecule has 1 aromatic heterocycles. The molecule has 4 nitrogen and oxygen atoms in total. The fourth-order valence-electron chi connectivity index (χ4n) is 2.61. The first-order valence-electron chi connectivity index (χ1n) is 7.16. The van der Waals surface area contributed by atoms with Gasteiger partial charge in [-0.3, -0.25) is 4.79 Å². The summed E-state index contributed by atoms with van der Waals surface area (Å²) >= 11 is 0. The fraction of sp³-hybridized carbons (Fsp3) is 0.667. The minimum Gasteiger partial charge on any atom is -0.468 e. The minimum atomic E-state index is 0.103. The van der Waals surface area contributed by atoms with Crippen molar-refractivity contribution < 1.29 is 9.21 Å². The summed E-state index contributed by atoms with van der Waals surface area (Å²) < 4.78 is 5.40. The van der Waals surface area contributed by atoms with Gasteiger partial charge in [0, 0.05) is 25.0 Å². The summed E-state index contributed by atoms with van der Waals surface area (Å²) in [5, 5.41) is 3.58. The van der Waals surface area contributed by atoms with Crippen molar-refractivity contribution in [2.45, 2.75) is 45.7 Å². The van der Waals surface area contributed by atoms with E-state index in [4.69, 9.17) is 4.42 Å². The van der Waals surface area contributed by atoms with Gasteiger partial charge in [-0.1, -0.05) is 13.8 Å². The van der Waals surface area contributed by atoms with Crippen LogP contribution < -0.4 is 5.32 Å². The summed E-state index contributed by atoms with van der Waals surface area (Å²) in [4.78, 5) is 13.9. The second-order valence-electron chi connectivity index (χ2n) is 5.66. The van der Waals surface area contributed by atoms with Crippen LogP contribution in [0.3, 0.4) is 0 Å². The van der Waals surface area contributed by atoms with Gasteiger partial charge in [-0.2, -0.15) is 0 Å². The number of hydrogen-bond donors (Lipinski definition) is 1. The number of piperidine rings is 1. The third-order valence-corrected chi connectivity index (χ3v) is 3.76. The Bertz CT molecular complexity index is 392. The van der Waals surface area contributed by atoms with E-state index >= 15 is 0 Å². The highest BCUT2D eigenvalue weighted by Gasteiger charge is 2.25. The topological polar surface area (TPSA) is 45.5 Å². The van der Waals surface area contributed by atoms with Crippen LogP contribution in [0.5, 0.6) is 0 Å². The van der Waals surface area contributed by atoms with Crippen molar-refractivity contribution >= 4 is 5.91 Å². The van der Waals surface area contributed by atoms with Gasteiger partial charge in [0.15, 0.2) is 0 Å². The van der Waals surface area contributed by atoms with Crippen molar-refractivity contribution in [3.63, 3.8) is 0 Å². The number of furan rings is 1. The lowest BCUT2D eigenvalue weighted by atomic mass is 10.0. The number of carbonyl (C=O) groups is 1. The standard InChI is InChI=1S/C15H24N2O2/c1-11(2)15(18)17-8-6-13(7-9-17)16-12(3)14-5-4-10-19-14/h4-5,10-13,16H,6-9H2,1-3H3. The Balaban J connectivity index is 1.79. The number of likely N-dealkylation sites (tertiary alicyclic amines) is 1. The largest absolute Gasteiger partial charge is 0.468 e. The summed E-state index contributed by atoms with van der Waals surface area (Å²) in [6.45, 7) is 7.76. The Morgan fingerprint density at radius 2 is 2.05 bits per heavy atom. The average molecular weight is 264 g/mol. The molecule has 0 bridgehead atoms. The van der Waals surface area contributed by atoms with E-state index in [2.05, 4.69) is 12.2 Å². The molecule has 0 aliphatic carbocycles. The lowest BCUT2D eigenvalue weighted by Gasteiger charge is -2.34. The van der Waals surface area contributed by atoms with Crippen molar-refractivity contribution in [1.29, 1.82) is 0 Å². The van der Waals surface area contributed by atoms with Crippen LogP contribution in [0.2, 0.25) is 0 Å². The zero-order chi connectivity index (χ0) is 13.8. The Morgan fingerprint density at radius 3 is 2.58 bits per heavy atom. The van der Waals surface area contributed by atoms with Crippen LogP contribution in [-0.2, 0) is 4.79 Å². The Morgan fingerprint density at radius 1 is 1.37 bits per heavy atom. The molecule has 0 spiro atoms. The van der Waals surface area contributed by atoms with Crippen LogP contribution in [0, 0.1) is 5.92 Å². The van der Waals surface area contributed by atoms with Crippen LogP contribution in [0.15, 0.2) is 22.8 Å². The molecule has 1 atom stereocenters. The lowest BCUT2D eigenvalue weighted by molar-refractivity contribution is -0.135. The van der Waals surface area contributed by atoms with E-state index < -0.39 is 0 Å². The second kappa shape index (κ2) is 6.24. The average Bonchev–Trinajstić information content (AvgIpc) is 2.92. The molecular weight excluding hydrogens is 240 g/mol. The van der Waals surface area contributed by atoms with Gasteiger partial charge in [0.2, 0.25) is 5.91 Å². The Hall–Kier alpha value is -1.29. The zero-order valence-corrected chi connectivity index (χ0v) is 12.1. The molecule has 1 fully saturated rings. The summed E-state index contributed by atoms with van der Waals surface area (Å²) in [6.07, 6.45) is 3.74. The fourth-order valence-corrected chi connectivity index (χ4v) is 2.61. The summed E-state index contributed by atoms with van der Waals surface area (Å²) in [7, 11) is 0. The van der Waals surface area contributed by atoms with E-state index in [-0.39, 0.29) is 17.9 Å². The van der Waals surface area contributed by atoms with E-state index in [0.717, 1.165) is 31.7 Å². The van der Waals surface area contributed by atoms with Crippen molar-refractivity contribution in [2.24, 2.45) is 5.92 Å². The van der Waals surface area contributed by atoms with Crippen LogP contribution in [0.25, 0.3) is 0 Å². The highest BCUT2D eigenvalue weighted by Crippen LogP contribution is 2.18. The van der Waals surface area contributed by atoms with Crippen LogP contribution in [0.4, 0.5) is 0 Å². The molecule has 0 aromatic carbocycles. The molecular formula is C15H24N2O2. The van der Waals surface area contributed by atoms with Crippen LogP contribution >= 0.6 is 0 Å². The predicted molar refractivity (Wildman–Crippen MR) is 74.7 cm³/mol. The monoisotopic (exact) mass is 264 g/mol. The molecule has 19 heavy (non-hydrogen) atoms. The number of nitrogens with one attached hydrogen (secondary N) is 1. The number of rotatable bonds is 4. The maximum Gasteiger partial charge on any atom is 0.225 e. The molecule has 1 saturated heterocycles. The van der Waals surface area contributed by atoms with Crippen LogP contribution in [0.1, 0.15) is 45.4 Å². The first-order valence-corrected chi connectivity index (χ1v) is 7.16. The van der Waals surface area contributed by atoms with Crippen molar-refractivity contribution in [2.75, 3.05) is 13.1 Å². The first-order chi connectivity index (χ1) is 9.08. The van der Waals surface area contributed by atoms with Crippen molar-refractivity contribution in [3.05, 3.63) is 24.2 Å². The highest BCUT2D eigenvalue weighted by atomic mass is 16.3. The summed E-state index contributed by atoms with van der Waals surface area (Å²) in [5.74, 6) is 1.35. The molecule has 4 heteroatoms. The molecule has 1 aliphatic heterocycles. The molecule has 1 N–H and O–H groups in total. The van der Waals surface area contributed by atoms with E-state index in [1.807, 2.05) is 30.9 Å². The molecule has 1 aromatic rings. The molecule has 1 aliphatic rings.